The quantitative estimate of drug-likeness (QED) is 0.789. The van der Waals surface area contributed by atoms with Crippen molar-refractivity contribution in [1.82, 2.24) is 4.31 Å². The Labute approximate surface area is 159 Å². The fraction of sp³-hybridized carbons (Fsp3) is 0.235. The number of halogens is 2. The van der Waals surface area contributed by atoms with Crippen molar-refractivity contribution in [3.63, 3.8) is 0 Å². The Morgan fingerprint density at radius 2 is 1.85 bits per heavy atom. The number of benzene rings is 2. The zero-order chi connectivity index (χ0) is 18.7. The van der Waals surface area contributed by atoms with Gasteiger partial charge in [-0.1, -0.05) is 12.1 Å². The molecule has 6 nitrogen and oxygen atoms in total. The van der Waals surface area contributed by atoms with E-state index in [1.54, 1.807) is 6.07 Å². The van der Waals surface area contributed by atoms with E-state index in [0.29, 0.717) is 17.7 Å². The molecule has 1 amide bonds. The molecule has 1 heterocycles. The zero-order valence-electron chi connectivity index (χ0n) is 13.6. The first-order chi connectivity index (χ1) is 12.4. The summed E-state index contributed by atoms with van der Waals surface area (Å²) in [5.41, 5.74) is 0.140. The fourth-order valence-electron chi connectivity index (χ4n) is 2.53. The Kier molecular flexibility index (Phi) is 5.71. The van der Waals surface area contributed by atoms with E-state index in [-0.39, 0.29) is 29.2 Å². The van der Waals surface area contributed by atoms with Crippen molar-refractivity contribution in [2.75, 3.05) is 31.6 Å². The maximum atomic E-state index is 13.7. The molecule has 2 aromatic carbocycles. The summed E-state index contributed by atoms with van der Waals surface area (Å²) in [6.45, 7) is 1.15. The number of nitrogens with zero attached hydrogens (tertiary/aromatic N) is 1. The summed E-state index contributed by atoms with van der Waals surface area (Å²) < 4.78 is 46.2. The van der Waals surface area contributed by atoms with Crippen LogP contribution in [0.3, 0.4) is 0 Å². The largest absolute Gasteiger partial charge is 0.379 e. The Bertz CT molecular complexity index is 930. The van der Waals surface area contributed by atoms with E-state index < -0.39 is 21.7 Å². The maximum Gasteiger partial charge on any atom is 0.255 e. The lowest BCUT2D eigenvalue weighted by Gasteiger charge is -2.26. The number of carbonyl (C=O) groups is 1. The molecular formula is C17H16BrFN2O4S. The van der Waals surface area contributed by atoms with Gasteiger partial charge in [0, 0.05) is 23.1 Å². The Morgan fingerprint density at radius 3 is 2.54 bits per heavy atom. The summed E-state index contributed by atoms with van der Waals surface area (Å²) in [5.74, 6) is -1.17. The SMILES string of the molecule is O=C(Nc1ccccc1F)c1ccc(Br)c(S(=O)(=O)N2CCOCC2)c1. The maximum absolute atomic E-state index is 13.7. The van der Waals surface area contributed by atoms with Gasteiger partial charge in [-0.15, -0.1) is 0 Å². The van der Waals surface area contributed by atoms with E-state index in [9.17, 15) is 17.6 Å². The van der Waals surface area contributed by atoms with Gasteiger partial charge in [0.05, 0.1) is 23.8 Å². The van der Waals surface area contributed by atoms with Crippen molar-refractivity contribution < 1.29 is 22.3 Å². The molecule has 1 aliphatic rings. The number of sulfonamides is 1. The van der Waals surface area contributed by atoms with Crippen molar-refractivity contribution in [1.29, 1.82) is 0 Å². The summed E-state index contributed by atoms with van der Waals surface area (Å²) in [6.07, 6.45) is 0. The van der Waals surface area contributed by atoms with Crippen LogP contribution >= 0.6 is 15.9 Å². The lowest BCUT2D eigenvalue weighted by atomic mass is 10.2. The number of rotatable bonds is 4. The molecule has 0 saturated carbocycles. The second kappa shape index (κ2) is 7.83. The van der Waals surface area contributed by atoms with Crippen LogP contribution in [-0.2, 0) is 14.8 Å². The minimum atomic E-state index is -3.78. The lowest BCUT2D eigenvalue weighted by molar-refractivity contribution is 0.0730. The molecule has 138 valence electrons. The van der Waals surface area contributed by atoms with Crippen LogP contribution in [0.1, 0.15) is 10.4 Å². The molecule has 3 rings (SSSR count). The van der Waals surface area contributed by atoms with Crippen molar-refractivity contribution in [3.05, 3.63) is 58.3 Å². The number of carbonyl (C=O) groups excluding carboxylic acids is 1. The average Bonchev–Trinajstić information content (AvgIpc) is 2.64. The Hall–Kier alpha value is -1.81. The van der Waals surface area contributed by atoms with Crippen LogP contribution in [0.2, 0.25) is 0 Å². The van der Waals surface area contributed by atoms with Crippen LogP contribution in [0.15, 0.2) is 51.8 Å². The van der Waals surface area contributed by atoms with E-state index >= 15 is 0 Å². The first kappa shape index (κ1) is 19.0. The van der Waals surface area contributed by atoms with E-state index in [2.05, 4.69) is 21.2 Å². The van der Waals surface area contributed by atoms with Crippen LogP contribution < -0.4 is 5.32 Å². The van der Waals surface area contributed by atoms with Gasteiger partial charge in [0.15, 0.2) is 0 Å². The van der Waals surface area contributed by atoms with Crippen molar-refractivity contribution in [3.8, 4) is 0 Å². The highest BCUT2D eigenvalue weighted by molar-refractivity contribution is 9.10. The molecule has 1 N–H and O–H groups in total. The van der Waals surface area contributed by atoms with Gasteiger partial charge < -0.3 is 10.1 Å². The molecule has 0 aliphatic carbocycles. The predicted molar refractivity (Wildman–Crippen MR) is 98.1 cm³/mol. The van der Waals surface area contributed by atoms with Gasteiger partial charge in [-0.3, -0.25) is 4.79 Å². The Balaban J connectivity index is 1.90. The minimum absolute atomic E-state index is 0.0133. The number of hydrogen-bond acceptors (Lipinski definition) is 4. The van der Waals surface area contributed by atoms with Crippen LogP contribution in [-0.4, -0.2) is 44.9 Å². The van der Waals surface area contributed by atoms with Gasteiger partial charge in [0.25, 0.3) is 5.91 Å². The highest BCUT2D eigenvalue weighted by Gasteiger charge is 2.29. The van der Waals surface area contributed by atoms with E-state index in [1.165, 1.54) is 40.7 Å². The van der Waals surface area contributed by atoms with Crippen LogP contribution in [0.25, 0.3) is 0 Å². The van der Waals surface area contributed by atoms with Crippen molar-refractivity contribution in [2.24, 2.45) is 0 Å². The molecule has 0 bridgehead atoms. The average molecular weight is 443 g/mol. The smallest absolute Gasteiger partial charge is 0.255 e. The third kappa shape index (κ3) is 3.96. The number of ether oxygens (including phenoxy) is 1. The molecule has 0 spiro atoms. The van der Waals surface area contributed by atoms with E-state index in [1.807, 2.05) is 0 Å². The molecule has 26 heavy (non-hydrogen) atoms. The fourth-order valence-corrected chi connectivity index (χ4v) is 4.88. The number of amides is 1. The zero-order valence-corrected chi connectivity index (χ0v) is 16.0. The molecule has 2 aromatic rings. The standard InChI is InChI=1S/C17H16BrFN2O4S/c18-13-6-5-12(17(22)20-15-4-2-1-3-14(15)19)11-16(13)26(23,24)21-7-9-25-10-8-21/h1-6,11H,7-10H2,(H,20,22). The van der Waals surface area contributed by atoms with Crippen LogP contribution in [0, 0.1) is 5.82 Å². The van der Waals surface area contributed by atoms with Gasteiger partial charge in [0.1, 0.15) is 5.82 Å². The summed E-state index contributed by atoms with van der Waals surface area (Å²) >= 11 is 3.23. The first-order valence-corrected chi connectivity index (χ1v) is 10.1. The van der Waals surface area contributed by atoms with Crippen molar-refractivity contribution in [2.45, 2.75) is 4.90 Å². The summed E-state index contributed by atoms with van der Waals surface area (Å²) in [5, 5.41) is 2.45. The highest BCUT2D eigenvalue weighted by Crippen LogP contribution is 2.27. The summed E-state index contributed by atoms with van der Waals surface area (Å²) in [6, 6.07) is 10.0. The highest BCUT2D eigenvalue weighted by atomic mass is 79.9. The molecule has 9 heteroatoms. The van der Waals surface area contributed by atoms with Crippen LogP contribution in [0.5, 0.6) is 0 Å². The number of para-hydroxylation sites is 1. The lowest BCUT2D eigenvalue weighted by Crippen LogP contribution is -2.40. The summed E-state index contributed by atoms with van der Waals surface area (Å²) in [7, 11) is -3.78. The van der Waals surface area contributed by atoms with E-state index in [4.69, 9.17) is 4.74 Å². The van der Waals surface area contributed by atoms with Gasteiger partial charge in [0.2, 0.25) is 10.0 Å². The van der Waals surface area contributed by atoms with Crippen LogP contribution in [0.4, 0.5) is 10.1 Å². The molecule has 1 saturated heterocycles. The third-order valence-electron chi connectivity index (χ3n) is 3.90. The number of anilines is 1. The molecule has 1 aliphatic heterocycles. The van der Waals surface area contributed by atoms with Gasteiger partial charge in [-0.25, -0.2) is 12.8 Å². The van der Waals surface area contributed by atoms with Gasteiger partial charge in [-0.2, -0.15) is 4.31 Å². The molecule has 0 aromatic heterocycles. The molecule has 1 fully saturated rings. The minimum Gasteiger partial charge on any atom is -0.379 e. The van der Waals surface area contributed by atoms with E-state index in [0.717, 1.165) is 0 Å². The summed E-state index contributed by atoms with van der Waals surface area (Å²) in [4.78, 5) is 12.4. The first-order valence-electron chi connectivity index (χ1n) is 7.83. The molecular weight excluding hydrogens is 427 g/mol. The second-order valence-electron chi connectivity index (χ2n) is 5.60. The van der Waals surface area contributed by atoms with Gasteiger partial charge >= 0.3 is 0 Å². The normalized spacial score (nSPS) is 15.6. The molecule has 0 unspecified atom stereocenters. The Morgan fingerprint density at radius 1 is 1.15 bits per heavy atom. The molecule has 0 atom stereocenters. The molecule has 0 radical (unpaired) electrons. The predicted octanol–water partition coefficient (Wildman–Crippen LogP) is 2.86. The second-order valence-corrected chi connectivity index (χ2v) is 8.36. The van der Waals surface area contributed by atoms with Crippen molar-refractivity contribution >= 4 is 37.5 Å². The van der Waals surface area contributed by atoms with Gasteiger partial charge in [-0.05, 0) is 46.3 Å². The topological polar surface area (TPSA) is 75.7 Å². The number of nitrogens with one attached hydrogen (secondary N) is 1. The third-order valence-corrected chi connectivity index (χ3v) is 6.80. The number of hydrogen-bond donors (Lipinski definition) is 1. The number of morpholine rings is 1. The monoisotopic (exact) mass is 442 g/mol.